The average molecular weight is 294 g/mol. The molecule has 0 unspecified atom stereocenters. The largest absolute Gasteiger partial charge is 0.497 e. The van der Waals surface area contributed by atoms with Crippen LogP contribution in [0, 0.1) is 0 Å². The first kappa shape index (κ1) is 13.9. The van der Waals surface area contributed by atoms with Crippen molar-refractivity contribution >= 4 is 5.78 Å². The van der Waals surface area contributed by atoms with Gasteiger partial charge >= 0.3 is 0 Å². The van der Waals surface area contributed by atoms with Gasteiger partial charge in [-0.2, -0.15) is 0 Å². The van der Waals surface area contributed by atoms with Crippen molar-refractivity contribution in [2.45, 2.75) is 0 Å². The molecule has 0 radical (unpaired) electrons. The number of benzene rings is 2. The van der Waals surface area contributed by atoms with E-state index in [1.807, 2.05) is 24.3 Å². The molecule has 0 bridgehead atoms. The van der Waals surface area contributed by atoms with Gasteiger partial charge in [0, 0.05) is 5.56 Å². The minimum atomic E-state index is -0.152. The zero-order valence-electron chi connectivity index (χ0n) is 12.0. The van der Waals surface area contributed by atoms with E-state index in [1.165, 1.54) is 6.26 Å². The molecule has 0 saturated carbocycles. The maximum Gasteiger partial charge on any atom is 0.228 e. The van der Waals surface area contributed by atoms with Crippen LogP contribution in [0.3, 0.4) is 0 Å². The Kier molecular flexibility index (Phi) is 3.92. The van der Waals surface area contributed by atoms with E-state index < -0.39 is 0 Å². The van der Waals surface area contributed by atoms with Gasteiger partial charge in [-0.05, 0) is 60.7 Å². The van der Waals surface area contributed by atoms with Crippen LogP contribution in [0.2, 0.25) is 0 Å². The van der Waals surface area contributed by atoms with Crippen molar-refractivity contribution in [2.75, 3.05) is 7.11 Å². The molecule has 0 N–H and O–H groups in total. The molecule has 4 nitrogen and oxygen atoms in total. The molecule has 0 amide bonds. The van der Waals surface area contributed by atoms with E-state index in [0.717, 1.165) is 5.75 Å². The summed E-state index contributed by atoms with van der Waals surface area (Å²) >= 11 is 0. The number of carbonyl (C=O) groups is 1. The molecule has 4 heteroatoms. The molecule has 110 valence electrons. The number of carbonyl (C=O) groups excluding carboxylic acids is 1. The molecule has 1 aromatic heterocycles. The van der Waals surface area contributed by atoms with Gasteiger partial charge < -0.3 is 13.9 Å². The highest BCUT2D eigenvalue weighted by molar-refractivity contribution is 6.07. The molecule has 0 fully saturated rings. The summed E-state index contributed by atoms with van der Waals surface area (Å²) in [6.45, 7) is 0. The maximum atomic E-state index is 12.1. The van der Waals surface area contributed by atoms with Gasteiger partial charge in [0.15, 0.2) is 5.76 Å². The predicted octanol–water partition coefficient (Wildman–Crippen LogP) is 4.31. The lowest BCUT2D eigenvalue weighted by Gasteiger charge is -2.07. The summed E-state index contributed by atoms with van der Waals surface area (Å²) in [7, 11) is 1.62. The number of hydrogen-bond donors (Lipinski definition) is 0. The van der Waals surface area contributed by atoms with Crippen molar-refractivity contribution in [1.29, 1.82) is 0 Å². The van der Waals surface area contributed by atoms with Crippen LogP contribution in [0.5, 0.6) is 17.2 Å². The quantitative estimate of drug-likeness (QED) is 0.658. The zero-order valence-corrected chi connectivity index (χ0v) is 12.0. The number of ether oxygens (including phenoxy) is 2. The van der Waals surface area contributed by atoms with Crippen molar-refractivity contribution in [3.05, 3.63) is 78.3 Å². The molecule has 0 saturated heterocycles. The topological polar surface area (TPSA) is 48.7 Å². The second-order valence-electron chi connectivity index (χ2n) is 4.61. The smallest absolute Gasteiger partial charge is 0.228 e. The van der Waals surface area contributed by atoms with Crippen LogP contribution in [0.4, 0.5) is 0 Å². The van der Waals surface area contributed by atoms with Crippen LogP contribution in [-0.2, 0) is 0 Å². The average Bonchev–Trinajstić information content (AvgIpc) is 3.10. The summed E-state index contributed by atoms with van der Waals surface area (Å²) in [5, 5.41) is 0. The van der Waals surface area contributed by atoms with E-state index in [4.69, 9.17) is 13.9 Å². The summed E-state index contributed by atoms with van der Waals surface area (Å²) in [5.74, 6) is 2.30. The molecule has 22 heavy (non-hydrogen) atoms. The molecular formula is C18H14O4. The van der Waals surface area contributed by atoms with Crippen LogP contribution in [-0.4, -0.2) is 12.9 Å². The minimum absolute atomic E-state index is 0.152. The van der Waals surface area contributed by atoms with E-state index in [2.05, 4.69) is 0 Å². The van der Waals surface area contributed by atoms with Crippen LogP contribution in [0.15, 0.2) is 71.3 Å². The molecule has 3 aromatic rings. The van der Waals surface area contributed by atoms with Gasteiger partial charge in [-0.3, -0.25) is 4.79 Å². The highest BCUT2D eigenvalue weighted by Crippen LogP contribution is 2.24. The van der Waals surface area contributed by atoms with E-state index >= 15 is 0 Å². The van der Waals surface area contributed by atoms with E-state index in [9.17, 15) is 4.79 Å². The Bertz CT molecular complexity index is 741. The van der Waals surface area contributed by atoms with Crippen LogP contribution in [0.1, 0.15) is 16.1 Å². The fourth-order valence-corrected chi connectivity index (χ4v) is 2.00. The summed E-state index contributed by atoms with van der Waals surface area (Å²) in [4.78, 5) is 12.1. The van der Waals surface area contributed by atoms with Crippen molar-refractivity contribution < 1.29 is 18.7 Å². The van der Waals surface area contributed by atoms with Gasteiger partial charge in [0.25, 0.3) is 0 Å². The van der Waals surface area contributed by atoms with Crippen molar-refractivity contribution in [1.82, 2.24) is 0 Å². The molecule has 2 aromatic carbocycles. The Morgan fingerprint density at radius 3 is 2.00 bits per heavy atom. The highest BCUT2D eigenvalue weighted by Gasteiger charge is 2.11. The molecule has 0 spiro atoms. The van der Waals surface area contributed by atoms with E-state index in [0.29, 0.717) is 22.8 Å². The summed E-state index contributed by atoms with van der Waals surface area (Å²) < 4.78 is 15.9. The minimum Gasteiger partial charge on any atom is -0.497 e. The monoisotopic (exact) mass is 294 g/mol. The van der Waals surface area contributed by atoms with Crippen LogP contribution in [0.25, 0.3) is 0 Å². The molecule has 3 rings (SSSR count). The summed E-state index contributed by atoms with van der Waals surface area (Å²) in [6, 6.07) is 17.5. The third kappa shape index (κ3) is 3.01. The molecule has 0 atom stereocenters. The van der Waals surface area contributed by atoms with Crippen LogP contribution >= 0.6 is 0 Å². The van der Waals surface area contributed by atoms with Gasteiger partial charge in [-0.1, -0.05) is 0 Å². The first-order chi connectivity index (χ1) is 10.8. The fourth-order valence-electron chi connectivity index (χ4n) is 2.00. The van der Waals surface area contributed by atoms with Gasteiger partial charge in [-0.15, -0.1) is 0 Å². The first-order valence-corrected chi connectivity index (χ1v) is 6.76. The molecule has 0 aliphatic carbocycles. The lowest BCUT2D eigenvalue weighted by molar-refractivity contribution is 0.101. The van der Waals surface area contributed by atoms with Gasteiger partial charge in [-0.25, -0.2) is 0 Å². The Morgan fingerprint density at radius 2 is 1.45 bits per heavy atom. The van der Waals surface area contributed by atoms with Crippen molar-refractivity contribution in [2.24, 2.45) is 0 Å². The lowest BCUT2D eigenvalue weighted by atomic mass is 10.1. The Morgan fingerprint density at radius 1 is 0.864 bits per heavy atom. The summed E-state index contributed by atoms with van der Waals surface area (Å²) in [6.07, 6.45) is 1.48. The first-order valence-electron chi connectivity index (χ1n) is 6.76. The van der Waals surface area contributed by atoms with Crippen LogP contribution < -0.4 is 9.47 Å². The summed E-state index contributed by atoms with van der Waals surface area (Å²) in [5.41, 5.74) is 0.553. The molecule has 0 aliphatic heterocycles. The number of furan rings is 1. The maximum absolute atomic E-state index is 12.1. The number of rotatable bonds is 5. The highest BCUT2D eigenvalue weighted by atomic mass is 16.5. The SMILES string of the molecule is COc1ccc(Oc2ccc(C(=O)c3ccco3)cc2)cc1. The van der Waals surface area contributed by atoms with Crippen molar-refractivity contribution in [3.8, 4) is 17.2 Å². The third-order valence-electron chi connectivity index (χ3n) is 3.16. The Hall–Kier alpha value is -3.01. The molecule has 0 aliphatic rings. The third-order valence-corrected chi connectivity index (χ3v) is 3.16. The Labute approximate surface area is 127 Å². The molecular weight excluding hydrogens is 280 g/mol. The van der Waals surface area contributed by atoms with Gasteiger partial charge in [0.1, 0.15) is 17.2 Å². The predicted molar refractivity (Wildman–Crippen MR) is 81.7 cm³/mol. The Balaban J connectivity index is 1.72. The molecule has 1 heterocycles. The normalized spacial score (nSPS) is 10.2. The fraction of sp³-hybridized carbons (Fsp3) is 0.0556. The second kappa shape index (κ2) is 6.18. The van der Waals surface area contributed by atoms with Gasteiger partial charge in [0.2, 0.25) is 5.78 Å². The number of hydrogen-bond acceptors (Lipinski definition) is 4. The van der Waals surface area contributed by atoms with E-state index in [1.54, 1.807) is 43.5 Å². The number of methoxy groups -OCH3 is 1. The van der Waals surface area contributed by atoms with E-state index in [-0.39, 0.29) is 5.78 Å². The second-order valence-corrected chi connectivity index (χ2v) is 4.61. The van der Waals surface area contributed by atoms with Gasteiger partial charge in [0.05, 0.1) is 13.4 Å². The lowest BCUT2D eigenvalue weighted by Crippen LogP contribution is -1.99. The van der Waals surface area contributed by atoms with Crippen molar-refractivity contribution in [3.63, 3.8) is 0 Å². The zero-order chi connectivity index (χ0) is 15.4. The number of ketones is 1. The standard InChI is InChI=1S/C18H14O4/c1-20-14-8-10-16(11-9-14)22-15-6-4-13(5-7-15)18(19)17-3-2-12-21-17/h2-12H,1H3.